The number of anilines is 2. The summed E-state index contributed by atoms with van der Waals surface area (Å²) in [7, 11) is -3.36. The zero-order valence-electron chi connectivity index (χ0n) is 12.4. The van der Waals surface area contributed by atoms with Gasteiger partial charge in [0.05, 0.1) is 18.5 Å². The maximum atomic E-state index is 12.1. The Bertz CT molecular complexity index is 837. The number of carbonyl (C=O) groups is 1. The summed E-state index contributed by atoms with van der Waals surface area (Å²) in [4.78, 5) is 16.0. The molecule has 0 aliphatic carbocycles. The minimum atomic E-state index is -3.36. The number of sulfonamides is 1. The molecule has 120 valence electrons. The van der Waals surface area contributed by atoms with Crippen LogP contribution in [0.3, 0.4) is 0 Å². The van der Waals surface area contributed by atoms with Gasteiger partial charge in [-0.05, 0) is 24.3 Å². The van der Waals surface area contributed by atoms with Crippen LogP contribution in [0.25, 0.3) is 0 Å². The van der Waals surface area contributed by atoms with Gasteiger partial charge >= 0.3 is 0 Å². The summed E-state index contributed by atoms with van der Waals surface area (Å²) in [6, 6.07) is 8.10. The van der Waals surface area contributed by atoms with Crippen LogP contribution in [0.2, 0.25) is 0 Å². The van der Waals surface area contributed by atoms with Gasteiger partial charge in [0.25, 0.3) is 5.91 Å². The Balaban J connectivity index is 1.86. The lowest BCUT2D eigenvalue weighted by molar-refractivity contribution is 0.102. The van der Waals surface area contributed by atoms with Crippen molar-refractivity contribution >= 4 is 27.3 Å². The van der Waals surface area contributed by atoms with Gasteiger partial charge in [-0.1, -0.05) is 0 Å². The maximum Gasteiger partial charge on any atom is 0.255 e. The van der Waals surface area contributed by atoms with Gasteiger partial charge in [0, 0.05) is 29.7 Å². The van der Waals surface area contributed by atoms with Gasteiger partial charge in [0.2, 0.25) is 10.0 Å². The number of aromatic nitrogens is 1. The van der Waals surface area contributed by atoms with E-state index in [-0.39, 0.29) is 19.1 Å². The predicted molar refractivity (Wildman–Crippen MR) is 86.3 cm³/mol. The summed E-state index contributed by atoms with van der Waals surface area (Å²) >= 11 is 0. The fourth-order valence-corrected chi connectivity index (χ4v) is 3.24. The number of nitrogens with one attached hydrogen (secondary N) is 1. The Hall–Kier alpha value is -2.61. The molecule has 0 saturated heterocycles. The van der Waals surface area contributed by atoms with Crippen molar-refractivity contribution in [3.8, 4) is 5.75 Å². The number of fused-ring (bicyclic) bond motifs is 1. The second-order valence-corrected chi connectivity index (χ2v) is 6.96. The fraction of sp³-hybridized carbons (Fsp3) is 0.200. The van der Waals surface area contributed by atoms with Crippen molar-refractivity contribution in [3.05, 3.63) is 48.3 Å². The number of hydrogen-bond donors (Lipinski definition) is 1. The van der Waals surface area contributed by atoms with E-state index in [0.717, 1.165) is 6.26 Å². The SMILES string of the molecule is CS(=O)(=O)N1CCOc2cc(NC(=O)c3ccncc3)ccc21. The molecular weight excluding hydrogens is 318 g/mol. The van der Waals surface area contributed by atoms with Crippen LogP contribution in [-0.4, -0.2) is 38.7 Å². The van der Waals surface area contributed by atoms with E-state index in [9.17, 15) is 13.2 Å². The molecule has 0 atom stereocenters. The molecule has 0 bridgehead atoms. The molecule has 1 amide bonds. The average Bonchev–Trinajstić information content (AvgIpc) is 2.54. The Morgan fingerprint density at radius 2 is 2.00 bits per heavy atom. The first-order valence-electron chi connectivity index (χ1n) is 6.91. The van der Waals surface area contributed by atoms with Crippen LogP contribution in [-0.2, 0) is 10.0 Å². The average molecular weight is 333 g/mol. The van der Waals surface area contributed by atoms with Gasteiger partial charge < -0.3 is 10.1 Å². The molecule has 3 rings (SSSR count). The van der Waals surface area contributed by atoms with Crippen molar-refractivity contribution in [1.82, 2.24) is 4.98 Å². The zero-order chi connectivity index (χ0) is 16.4. The summed E-state index contributed by atoms with van der Waals surface area (Å²) < 4.78 is 30.4. The number of amides is 1. The number of benzene rings is 1. The molecule has 1 aliphatic heterocycles. The highest BCUT2D eigenvalue weighted by molar-refractivity contribution is 7.92. The molecule has 1 aromatic heterocycles. The number of nitrogens with zero attached hydrogens (tertiary/aromatic N) is 2. The molecule has 1 N–H and O–H groups in total. The third kappa shape index (κ3) is 3.26. The van der Waals surface area contributed by atoms with Crippen LogP contribution < -0.4 is 14.4 Å². The summed E-state index contributed by atoms with van der Waals surface area (Å²) in [6.07, 6.45) is 4.23. The molecule has 1 aromatic carbocycles. The molecule has 0 saturated carbocycles. The van der Waals surface area contributed by atoms with Crippen LogP contribution in [0.5, 0.6) is 5.75 Å². The molecule has 0 fully saturated rings. The van der Waals surface area contributed by atoms with Gasteiger partial charge in [-0.3, -0.25) is 14.1 Å². The van der Waals surface area contributed by atoms with E-state index >= 15 is 0 Å². The van der Waals surface area contributed by atoms with Crippen molar-refractivity contribution in [3.63, 3.8) is 0 Å². The lowest BCUT2D eigenvalue weighted by Crippen LogP contribution is -2.37. The van der Waals surface area contributed by atoms with Crippen molar-refractivity contribution < 1.29 is 17.9 Å². The minimum Gasteiger partial charge on any atom is -0.489 e. The highest BCUT2D eigenvalue weighted by Crippen LogP contribution is 2.35. The van der Waals surface area contributed by atoms with Crippen molar-refractivity contribution in [1.29, 1.82) is 0 Å². The molecule has 0 spiro atoms. The summed E-state index contributed by atoms with van der Waals surface area (Å²) in [5.74, 6) is 0.150. The number of rotatable bonds is 3. The highest BCUT2D eigenvalue weighted by Gasteiger charge is 2.25. The van der Waals surface area contributed by atoms with E-state index in [2.05, 4.69) is 10.3 Å². The van der Waals surface area contributed by atoms with Crippen LogP contribution >= 0.6 is 0 Å². The van der Waals surface area contributed by atoms with Gasteiger partial charge in [-0.15, -0.1) is 0 Å². The predicted octanol–water partition coefficient (Wildman–Crippen LogP) is 1.49. The first kappa shape index (κ1) is 15.3. The summed E-state index contributed by atoms with van der Waals surface area (Å²) in [5.41, 5.74) is 1.48. The Morgan fingerprint density at radius 1 is 1.26 bits per heavy atom. The highest BCUT2D eigenvalue weighted by atomic mass is 32.2. The lowest BCUT2D eigenvalue weighted by Gasteiger charge is -2.29. The minimum absolute atomic E-state index is 0.266. The van der Waals surface area contributed by atoms with Gasteiger partial charge in [0.15, 0.2) is 0 Å². The summed E-state index contributed by atoms with van der Waals surface area (Å²) in [5, 5.41) is 2.75. The van der Waals surface area contributed by atoms with Crippen molar-refractivity contribution in [2.75, 3.05) is 29.0 Å². The molecule has 8 heteroatoms. The number of carbonyl (C=O) groups excluding carboxylic acids is 1. The number of hydrogen-bond acceptors (Lipinski definition) is 5. The first-order valence-corrected chi connectivity index (χ1v) is 8.76. The Kier molecular flexibility index (Phi) is 3.91. The van der Waals surface area contributed by atoms with Gasteiger partial charge in [-0.2, -0.15) is 0 Å². The molecule has 2 aromatic rings. The normalized spacial score (nSPS) is 13.9. The van der Waals surface area contributed by atoms with Gasteiger partial charge in [-0.25, -0.2) is 8.42 Å². The van der Waals surface area contributed by atoms with Crippen LogP contribution in [0.15, 0.2) is 42.7 Å². The van der Waals surface area contributed by atoms with E-state index < -0.39 is 10.0 Å². The van der Waals surface area contributed by atoms with E-state index in [0.29, 0.717) is 22.7 Å². The Labute approximate surface area is 134 Å². The number of pyridine rings is 1. The van der Waals surface area contributed by atoms with E-state index in [1.165, 1.54) is 16.7 Å². The smallest absolute Gasteiger partial charge is 0.255 e. The molecular formula is C15H15N3O4S. The molecule has 2 heterocycles. The second-order valence-electron chi connectivity index (χ2n) is 5.06. The lowest BCUT2D eigenvalue weighted by atomic mass is 10.2. The first-order chi connectivity index (χ1) is 10.9. The van der Waals surface area contributed by atoms with E-state index in [1.54, 1.807) is 30.3 Å². The fourth-order valence-electron chi connectivity index (χ4n) is 2.32. The maximum absolute atomic E-state index is 12.1. The van der Waals surface area contributed by atoms with Crippen molar-refractivity contribution in [2.24, 2.45) is 0 Å². The molecule has 7 nitrogen and oxygen atoms in total. The molecule has 1 aliphatic rings. The molecule has 0 unspecified atom stereocenters. The monoisotopic (exact) mass is 333 g/mol. The Morgan fingerprint density at radius 3 is 2.70 bits per heavy atom. The number of ether oxygens (including phenoxy) is 1. The third-order valence-corrected chi connectivity index (χ3v) is 4.56. The summed E-state index contributed by atoms with van der Waals surface area (Å²) in [6.45, 7) is 0.538. The van der Waals surface area contributed by atoms with Gasteiger partial charge in [0.1, 0.15) is 12.4 Å². The second kappa shape index (κ2) is 5.88. The quantitative estimate of drug-likeness (QED) is 0.919. The zero-order valence-corrected chi connectivity index (χ0v) is 13.2. The molecule has 0 radical (unpaired) electrons. The standard InChI is InChI=1S/C15H15N3O4S/c1-23(20,21)18-8-9-22-14-10-12(2-3-13(14)18)17-15(19)11-4-6-16-7-5-11/h2-7,10H,8-9H2,1H3,(H,17,19). The van der Waals surface area contributed by atoms with E-state index in [1.807, 2.05) is 0 Å². The van der Waals surface area contributed by atoms with Crippen molar-refractivity contribution in [2.45, 2.75) is 0 Å². The topological polar surface area (TPSA) is 88.6 Å². The van der Waals surface area contributed by atoms with Crippen LogP contribution in [0, 0.1) is 0 Å². The van der Waals surface area contributed by atoms with Crippen LogP contribution in [0.1, 0.15) is 10.4 Å². The van der Waals surface area contributed by atoms with Crippen LogP contribution in [0.4, 0.5) is 11.4 Å². The molecule has 23 heavy (non-hydrogen) atoms. The van der Waals surface area contributed by atoms with E-state index in [4.69, 9.17) is 4.74 Å². The largest absolute Gasteiger partial charge is 0.489 e. The third-order valence-electron chi connectivity index (χ3n) is 3.38.